The van der Waals surface area contributed by atoms with Gasteiger partial charge in [0, 0.05) is 14.0 Å². The molecule has 6 heteroatoms. The zero-order valence-corrected chi connectivity index (χ0v) is 19.1. The fourth-order valence-electron chi connectivity index (χ4n) is 5.70. The second kappa shape index (κ2) is 8.27. The third kappa shape index (κ3) is 3.26. The average molecular weight is 461 g/mol. The standard InChI is InChI=1S/C28H28O6/c1-27-31-22-21(29)23(32-27)25(26(33-27)24(22)30-2)34-28(18-12-6-3-7-13-18,19-14-8-4-9-15-19)20-16-10-5-11-17-20/h3-17,21-26,29H,1-2H3/t21-,22+,23-,24-,25+,26+,27?/m0/s1. The van der Waals surface area contributed by atoms with Crippen molar-refractivity contribution in [3.8, 4) is 0 Å². The van der Waals surface area contributed by atoms with Crippen molar-refractivity contribution in [1.82, 2.24) is 0 Å². The van der Waals surface area contributed by atoms with Gasteiger partial charge in [0.2, 0.25) is 0 Å². The lowest BCUT2D eigenvalue weighted by Crippen LogP contribution is -2.79. The van der Waals surface area contributed by atoms with Crippen LogP contribution in [0.25, 0.3) is 0 Å². The van der Waals surface area contributed by atoms with Gasteiger partial charge < -0.3 is 28.8 Å². The van der Waals surface area contributed by atoms with Crippen LogP contribution in [0.1, 0.15) is 23.6 Å². The number of rotatable bonds is 6. The summed E-state index contributed by atoms with van der Waals surface area (Å²) in [4.78, 5) is 0. The Morgan fingerprint density at radius 2 is 1.09 bits per heavy atom. The van der Waals surface area contributed by atoms with Crippen molar-refractivity contribution in [1.29, 1.82) is 0 Å². The molecule has 3 aromatic carbocycles. The summed E-state index contributed by atoms with van der Waals surface area (Å²) in [5, 5.41) is 11.2. The van der Waals surface area contributed by atoms with Crippen LogP contribution in [0.2, 0.25) is 0 Å². The zero-order valence-electron chi connectivity index (χ0n) is 19.1. The number of ether oxygens (including phenoxy) is 5. The predicted octanol–water partition coefficient (Wildman–Crippen LogP) is 3.61. The van der Waals surface area contributed by atoms with Crippen molar-refractivity contribution in [3.05, 3.63) is 108 Å². The van der Waals surface area contributed by atoms with Crippen LogP contribution in [0.4, 0.5) is 0 Å². The summed E-state index contributed by atoms with van der Waals surface area (Å²) in [7, 11) is 1.60. The lowest BCUT2D eigenvalue weighted by molar-refractivity contribution is -0.536. The van der Waals surface area contributed by atoms with Crippen LogP contribution in [0.3, 0.4) is 0 Å². The van der Waals surface area contributed by atoms with Gasteiger partial charge in [0.05, 0.1) is 0 Å². The molecule has 3 heterocycles. The Bertz CT molecular complexity index is 1030. The minimum absolute atomic E-state index is 0.480. The Morgan fingerprint density at radius 1 is 0.676 bits per heavy atom. The quantitative estimate of drug-likeness (QED) is 0.567. The molecule has 0 spiro atoms. The van der Waals surface area contributed by atoms with E-state index in [1.54, 1.807) is 14.0 Å². The molecular formula is C28H28O6. The topological polar surface area (TPSA) is 66.4 Å². The summed E-state index contributed by atoms with van der Waals surface area (Å²) in [6, 6.07) is 30.4. The Kier molecular flexibility index (Phi) is 5.33. The van der Waals surface area contributed by atoms with Gasteiger partial charge in [-0.25, -0.2) is 0 Å². The van der Waals surface area contributed by atoms with E-state index in [9.17, 15) is 5.11 Å². The third-order valence-electron chi connectivity index (χ3n) is 7.14. The van der Waals surface area contributed by atoms with E-state index in [1.807, 2.05) is 54.6 Å². The molecular weight excluding hydrogens is 432 g/mol. The monoisotopic (exact) mass is 460 g/mol. The molecule has 0 aromatic heterocycles. The van der Waals surface area contributed by atoms with E-state index in [4.69, 9.17) is 23.7 Å². The largest absolute Gasteiger partial charge is 0.387 e. The molecule has 176 valence electrons. The van der Waals surface area contributed by atoms with Crippen molar-refractivity contribution < 1.29 is 28.8 Å². The molecule has 7 rings (SSSR count). The predicted molar refractivity (Wildman–Crippen MR) is 124 cm³/mol. The lowest BCUT2D eigenvalue weighted by Gasteiger charge is -2.62. The number of methoxy groups -OCH3 is 1. The van der Waals surface area contributed by atoms with Crippen molar-refractivity contribution in [2.75, 3.05) is 7.11 Å². The van der Waals surface area contributed by atoms with Crippen LogP contribution < -0.4 is 0 Å². The van der Waals surface area contributed by atoms with E-state index in [0.29, 0.717) is 0 Å². The fourth-order valence-corrected chi connectivity index (χ4v) is 5.70. The van der Waals surface area contributed by atoms with Crippen LogP contribution in [0.15, 0.2) is 91.0 Å². The summed E-state index contributed by atoms with van der Waals surface area (Å²) in [6.45, 7) is 1.73. The minimum atomic E-state index is -1.23. The Labute approximate surface area is 199 Å². The molecule has 6 nitrogen and oxygen atoms in total. The van der Waals surface area contributed by atoms with Gasteiger partial charge in [-0.15, -0.1) is 0 Å². The average Bonchev–Trinajstić information content (AvgIpc) is 2.88. The molecule has 4 fully saturated rings. The zero-order chi connectivity index (χ0) is 23.3. The maximum absolute atomic E-state index is 11.2. The number of aliphatic hydroxyl groups excluding tert-OH is 1. The first-order valence-corrected chi connectivity index (χ1v) is 11.6. The van der Waals surface area contributed by atoms with E-state index >= 15 is 0 Å². The highest BCUT2D eigenvalue weighted by molar-refractivity contribution is 5.47. The van der Waals surface area contributed by atoms with Gasteiger partial charge in [-0.05, 0) is 16.7 Å². The first kappa shape index (κ1) is 21.9. The molecule has 3 aromatic rings. The van der Waals surface area contributed by atoms with Crippen LogP contribution in [0, 0.1) is 0 Å². The van der Waals surface area contributed by atoms with Gasteiger partial charge in [-0.1, -0.05) is 91.0 Å². The number of hydrogen-bond donors (Lipinski definition) is 1. The molecule has 1 N–H and O–H groups in total. The van der Waals surface area contributed by atoms with Crippen molar-refractivity contribution >= 4 is 0 Å². The van der Waals surface area contributed by atoms with Gasteiger partial charge in [0.1, 0.15) is 42.2 Å². The van der Waals surface area contributed by atoms with Gasteiger partial charge in [0.25, 0.3) is 5.97 Å². The van der Waals surface area contributed by atoms with Crippen LogP contribution in [0.5, 0.6) is 0 Å². The normalized spacial score (nSPS) is 34.3. The summed E-state index contributed by atoms with van der Waals surface area (Å²) in [6.07, 6.45) is -3.69. The highest BCUT2D eigenvalue weighted by Crippen LogP contribution is 2.50. The molecule has 0 amide bonds. The van der Waals surface area contributed by atoms with Crippen LogP contribution in [-0.2, 0) is 29.3 Å². The van der Waals surface area contributed by atoms with E-state index in [0.717, 1.165) is 16.7 Å². The molecule has 0 radical (unpaired) electrons. The summed E-state index contributed by atoms with van der Waals surface area (Å²) >= 11 is 0. The summed E-state index contributed by atoms with van der Waals surface area (Å²) in [5.41, 5.74) is 1.92. The van der Waals surface area contributed by atoms with Crippen molar-refractivity contribution in [2.45, 2.75) is 55.1 Å². The van der Waals surface area contributed by atoms with Crippen molar-refractivity contribution in [3.63, 3.8) is 0 Å². The molecule has 3 saturated heterocycles. The van der Waals surface area contributed by atoms with E-state index < -0.39 is 48.2 Å². The molecule has 3 aliphatic heterocycles. The molecule has 7 atom stereocenters. The number of hydrogen-bond acceptors (Lipinski definition) is 6. The highest BCUT2D eigenvalue weighted by atomic mass is 16.9. The molecule has 4 bridgehead atoms. The van der Waals surface area contributed by atoms with Gasteiger partial charge in [-0.2, -0.15) is 0 Å². The Balaban J connectivity index is 1.54. The van der Waals surface area contributed by atoms with E-state index in [1.165, 1.54) is 0 Å². The maximum Gasteiger partial charge on any atom is 0.281 e. The first-order chi connectivity index (χ1) is 16.6. The smallest absolute Gasteiger partial charge is 0.281 e. The van der Waals surface area contributed by atoms with Crippen LogP contribution >= 0.6 is 0 Å². The van der Waals surface area contributed by atoms with Gasteiger partial charge in [-0.3, -0.25) is 0 Å². The number of benzene rings is 3. The first-order valence-electron chi connectivity index (χ1n) is 11.6. The summed E-state index contributed by atoms with van der Waals surface area (Å²) in [5.74, 6) is -1.23. The van der Waals surface area contributed by atoms with Gasteiger partial charge >= 0.3 is 0 Å². The third-order valence-corrected chi connectivity index (χ3v) is 7.14. The lowest BCUT2D eigenvalue weighted by atomic mass is 9.77. The molecule has 1 saturated carbocycles. The Morgan fingerprint density at radius 3 is 1.53 bits per heavy atom. The Hall–Kier alpha value is -2.58. The molecule has 4 aliphatic rings. The van der Waals surface area contributed by atoms with Crippen LogP contribution in [-0.4, -0.2) is 54.8 Å². The minimum Gasteiger partial charge on any atom is -0.387 e. The fraction of sp³-hybridized carbons (Fsp3) is 0.357. The highest BCUT2D eigenvalue weighted by Gasteiger charge is 2.67. The second-order valence-electron chi connectivity index (χ2n) is 9.16. The molecule has 34 heavy (non-hydrogen) atoms. The van der Waals surface area contributed by atoms with E-state index in [2.05, 4.69) is 36.4 Å². The maximum atomic E-state index is 11.2. The SMILES string of the molecule is CO[C@@H]1[C@H]2OC3(C)O[C@@H]1[C@H](O)[C@H](O3)[C@H]2OC(c1ccccc1)(c1ccccc1)c1ccccc1. The van der Waals surface area contributed by atoms with E-state index in [-0.39, 0.29) is 0 Å². The second-order valence-corrected chi connectivity index (χ2v) is 9.16. The molecule has 1 aliphatic carbocycles. The summed E-state index contributed by atoms with van der Waals surface area (Å²) < 4.78 is 31.1. The number of aliphatic hydroxyl groups is 1. The molecule has 1 unspecified atom stereocenters. The van der Waals surface area contributed by atoms with Gasteiger partial charge in [0.15, 0.2) is 0 Å². The van der Waals surface area contributed by atoms with Crippen molar-refractivity contribution in [2.24, 2.45) is 0 Å².